The van der Waals surface area contributed by atoms with Crippen molar-refractivity contribution < 1.29 is 31.8 Å². The molecule has 0 N–H and O–H groups in total. The van der Waals surface area contributed by atoms with Gasteiger partial charge in [0.25, 0.3) is 5.97 Å². The standard InChI is InChI=1S/C26H42F4O3/c1-5-9-10-11-12-13-17-21(26(31-6-2,32-7-3)33-8-4)18-15-14-16-20-19-22(27)24(29)25(30)23(20)28/h19,21H,5-18H2,1-4H3. The number of unbranched alkanes of at least 4 members (excludes halogenated alkanes) is 6. The second kappa shape index (κ2) is 16.4. The van der Waals surface area contributed by atoms with Gasteiger partial charge in [-0.1, -0.05) is 51.9 Å². The van der Waals surface area contributed by atoms with Crippen molar-refractivity contribution in [2.75, 3.05) is 19.8 Å². The van der Waals surface area contributed by atoms with Crippen LogP contribution in [0.15, 0.2) is 6.07 Å². The SMILES string of the molecule is CCCCCCCCC(CCCCc1cc(F)c(F)c(F)c1F)C(OCC)(OCC)OCC. The van der Waals surface area contributed by atoms with Crippen molar-refractivity contribution in [3.8, 4) is 0 Å². The normalized spacial score (nSPS) is 13.0. The highest BCUT2D eigenvalue weighted by atomic mass is 19.2. The first-order chi connectivity index (χ1) is 15.9. The summed E-state index contributed by atoms with van der Waals surface area (Å²) in [6.07, 6.45) is 9.83. The summed E-state index contributed by atoms with van der Waals surface area (Å²) in [6.45, 7) is 9.20. The maximum absolute atomic E-state index is 14.0. The van der Waals surface area contributed by atoms with Gasteiger partial charge in [0, 0.05) is 25.7 Å². The van der Waals surface area contributed by atoms with Crippen molar-refractivity contribution >= 4 is 0 Å². The first-order valence-corrected chi connectivity index (χ1v) is 12.6. The van der Waals surface area contributed by atoms with Crippen molar-refractivity contribution in [3.05, 3.63) is 34.9 Å². The van der Waals surface area contributed by atoms with E-state index in [1.807, 2.05) is 20.8 Å². The highest BCUT2D eigenvalue weighted by Gasteiger charge is 2.41. The third-order valence-electron chi connectivity index (χ3n) is 5.87. The Morgan fingerprint density at radius 3 is 1.73 bits per heavy atom. The smallest absolute Gasteiger partial charge is 0.285 e. The summed E-state index contributed by atoms with van der Waals surface area (Å²) in [4.78, 5) is 0. The van der Waals surface area contributed by atoms with Crippen molar-refractivity contribution in [1.82, 2.24) is 0 Å². The lowest BCUT2D eigenvalue weighted by atomic mass is 9.91. The summed E-state index contributed by atoms with van der Waals surface area (Å²) < 4.78 is 72.2. The number of ether oxygens (including phenoxy) is 3. The Morgan fingerprint density at radius 1 is 0.667 bits per heavy atom. The molecule has 33 heavy (non-hydrogen) atoms. The topological polar surface area (TPSA) is 27.7 Å². The van der Waals surface area contributed by atoms with Gasteiger partial charge < -0.3 is 14.2 Å². The van der Waals surface area contributed by atoms with Gasteiger partial charge in [-0.15, -0.1) is 0 Å². The van der Waals surface area contributed by atoms with Gasteiger partial charge in [0.2, 0.25) is 0 Å². The van der Waals surface area contributed by atoms with E-state index in [-0.39, 0.29) is 17.9 Å². The lowest BCUT2D eigenvalue weighted by Crippen LogP contribution is -2.46. The fraction of sp³-hybridized carbons (Fsp3) is 0.769. The van der Waals surface area contributed by atoms with Crippen molar-refractivity contribution in [2.45, 2.75) is 104 Å². The van der Waals surface area contributed by atoms with E-state index in [2.05, 4.69) is 6.92 Å². The molecule has 0 aromatic heterocycles. The van der Waals surface area contributed by atoms with Crippen LogP contribution in [0.5, 0.6) is 0 Å². The molecular weight excluding hydrogens is 436 g/mol. The first-order valence-electron chi connectivity index (χ1n) is 12.6. The molecule has 1 rings (SSSR count). The number of hydrogen-bond donors (Lipinski definition) is 0. The highest BCUT2D eigenvalue weighted by molar-refractivity contribution is 5.21. The zero-order valence-corrected chi connectivity index (χ0v) is 20.8. The summed E-state index contributed by atoms with van der Waals surface area (Å²) in [5, 5.41) is 0. The molecule has 0 bridgehead atoms. The monoisotopic (exact) mass is 478 g/mol. The predicted octanol–water partition coefficient (Wildman–Crippen LogP) is 8.09. The Hall–Kier alpha value is -1.18. The molecule has 0 saturated heterocycles. The molecule has 0 saturated carbocycles. The molecular formula is C26H42F4O3. The van der Waals surface area contributed by atoms with Crippen LogP contribution in [0.1, 0.15) is 97.5 Å². The summed E-state index contributed by atoms with van der Waals surface area (Å²) in [5.41, 5.74) is -0.149. The van der Waals surface area contributed by atoms with E-state index in [1.165, 1.54) is 25.7 Å². The van der Waals surface area contributed by atoms with E-state index < -0.39 is 29.2 Å². The quantitative estimate of drug-likeness (QED) is 0.0661. The summed E-state index contributed by atoms with van der Waals surface area (Å²) >= 11 is 0. The fourth-order valence-electron chi connectivity index (χ4n) is 4.26. The number of rotatable bonds is 19. The molecule has 0 spiro atoms. The third kappa shape index (κ3) is 9.53. The van der Waals surface area contributed by atoms with Crippen LogP contribution in [0, 0.1) is 29.2 Å². The Morgan fingerprint density at radius 2 is 1.18 bits per heavy atom. The van der Waals surface area contributed by atoms with Crippen LogP contribution in [0.4, 0.5) is 17.6 Å². The Balaban J connectivity index is 2.81. The van der Waals surface area contributed by atoms with Gasteiger partial charge in [0.15, 0.2) is 23.3 Å². The number of benzene rings is 1. The minimum absolute atomic E-state index is 0.0323. The summed E-state index contributed by atoms with van der Waals surface area (Å²) in [5.74, 6) is -7.38. The molecule has 0 aliphatic rings. The Kier molecular flexibility index (Phi) is 14.9. The number of aryl methyl sites for hydroxylation is 1. The van der Waals surface area contributed by atoms with Gasteiger partial charge in [-0.25, -0.2) is 17.6 Å². The second-order valence-electron chi connectivity index (χ2n) is 8.36. The van der Waals surface area contributed by atoms with Gasteiger partial charge in [-0.2, -0.15) is 0 Å². The average molecular weight is 479 g/mol. The fourth-order valence-corrected chi connectivity index (χ4v) is 4.26. The average Bonchev–Trinajstić information content (AvgIpc) is 2.79. The van der Waals surface area contributed by atoms with Gasteiger partial charge in [-0.3, -0.25) is 0 Å². The molecule has 0 aliphatic carbocycles. The van der Waals surface area contributed by atoms with Crippen molar-refractivity contribution in [2.24, 2.45) is 5.92 Å². The zero-order chi connectivity index (χ0) is 24.7. The van der Waals surface area contributed by atoms with E-state index >= 15 is 0 Å². The van der Waals surface area contributed by atoms with Gasteiger partial charge in [0.05, 0.1) is 0 Å². The van der Waals surface area contributed by atoms with Crippen LogP contribution in [-0.2, 0) is 20.6 Å². The largest absolute Gasteiger partial charge is 0.328 e. The van der Waals surface area contributed by atoms with Crippen molar-refractivity contribution in [1.29, 1.82) is 0 Å². The van der Waals surface area contributed by atoms with Crippen LogP contribution in [-0.4, -0.2) is 25.8 Å². The van der Waals surface area contributed by atoms with E-state index in [4.69, 9.17) is 14.2 Å². The van der Waals surface area contributed by atoms with Crippen molar-refractivity contribution in [3.63, 3.8) is 0 Å². The van der Waals surface area contributed by atoms with E-state index in [1.54, 1.807) is 0 Å². The van der Waals surface area contributed by atoms with Gasteiger partial charge in [-0.05, 0) is 58.1 Å². The summed E-state index contributed by atoms with van der Waals surface area (Å²) in [6, 6.07) is 0.742. The molecule has 0 fully saturated rings. The Bertz CT molecular complexity index is 652. The second-order valence-corrected chi connectivity index (χ2v) is 8.36. The maximum Gasteiger partial charge on any atom is 0.285 e. The lowest BCUT2D eigenvalue weighted by molar-refractivity contribution is -0.403. The predicted molar refractivity (Wildman–Crippen MR) is 123 cm³/mol. The molecule has 1 unspecified atom stereocenters. The maximum atomic E-state index is 14.0. The van der Waals surface area contributed by atoms with Crippen LogP contribution >= 0.6 is 0 Å². The Labute approximate surface area is 197 Å². The van der Waals surface area contributed by atoms with Gasteiger partial charge >= 0.3 is 0 Å². The number of halogens is 4. The van der Waals surface area contributed by atoms with Crippen LogP contribution in [0.25, 0.3) is 0 Å². The molecule has 0 radical (unpaired) electrons. The van der Waals surface area contributed by atoms with E-state index in [9.17, 15) is 17.6 Å². The molecule has 192 valence electrons. The molecule has 1 aromatic carbocycles. The van der Waals surface area contributed by atoms with Gasteiger partial charge in [0.1, 0.15) is 0 Å². The number of hydrogen-bond acceptors (Lipinski definition) is 3. The molecule has 0 amide bonds. The molecule has 3 nitrogen and oxygen atoms in total. The lowest BCUT2D eigenvalue weighted by Gasteiger charge is -2.39. The first kappa shape index (κ1) is 29.9. The molecule has 7 heteroatoms. The van der Waals surface area contributed by atoms with Crippen LogP contribution < -0.4 is 0 Å². The van der Waals surface area contributed by atoms with E-state index in [0.29, 0.717) is 39.1 Å². The minimum Gasteiger partial charge on any atom is -0.328 e. The highest BCUT2D eigenvalue weighted by Crippen LogP contribution is 2.34. The molecule has 1 aromatic rings. The van der Waals surface area contributed by atoms with Crippen LogP contribution in [0.3, 0.4) is 0 Å². The third-order valence-corrected chi connectivity index (χ3v) is 5.87. The summed E-state index contributed by atoms with van der Waals surface area (Å²) in [7, 11) is 0. The van der Waals surface area contributed by atoms with Crippen LogP contribution in [0.2, 0.25) is 0 Å². The molecule has 1 atom stereocenters. The van der Waals surface area contributed by atoms with E-state index in [0.717, 1.165) is 25.3 Å². The molecule has 0 aliphatic heterocycles. The minimum atomic E-state index is -1.77. The molecule has 0 heterocycles. The zero-order valence-electron chi connectivity index (χ0n) is 20.8.